The molecule has 1 aromatic carbocycles. The quantitative estimate of drug-likeness (QED) is 0.561. The summed E-state index contributed by atoms with van der Waals surface area (Å²) in [5, 5.41) is 0. The third kappa shape index (κ3) is 2.83. The molecule has 76 valence electrons. The van der Waals surface area contributed by atoms with Crippen molar-refractivity contribution in [1.82, 2.24) is 0 Å². The largest absolute Gasteiger partial charge is 0.289 e. The van der Waals surface area contributed by atoms with E-state index in [0.29, 0.717) is 4.47 Å². The Morgan fingerprint density at radius 2 is 1.93 bits per heavy atom. The fraction of sp³-hybridized carbons (Fsp3) is 0.125. The van der Waals surface area contributed by atoms with Crippen molar-refractivity contribution in [2.75, 3.05) is 0 Å². The van der Waals surface area contributed by atoms with Gasteiger partial charge in [-0.05, 0) is 18.2 Å². The van der Waals surface area contributed by atoms with Crippen LogP contribution in [0, 0.1) is 5.82 Å². The summed E-state index contributed by atoms with van der Waals surface area (Å²) in [5.74, 6) is -1.61. The molecule has 14 heavy (non-hydrogen) atoms. The molecule has 0 amide bonds. The zero-order valence-corrected chi connectivity index (χ0v) is 10.4. The maximum absolute atomic E-state index is 13.1. The molecule has 0 aromatic heterocycles. The van der Waals surface area contributed by atoms with E-state index in [0.717, 1.165) is 6.07 Å². The van der Waals surface area contributed by atoms with Crippen LogP contribution < -0.4 is 0 Å². The predicted octanol–water partition coefficient (Wildman–Crippen LogP) is 4.14. The number of carbonyl (C=O) groups excluding carboxylic acids is 1. The van der Waals surface area contributed by atoms with Crippen molar-refractivity contribution in [3.8, 4) is 0 Å². The van der Waals surface area contributed by atoms with E-state index in [9.17, 15) is 9.18 Å². The standard InChI is InChI=1S/C8H3BrCl3FO/c9-4-1-2-6(13)5(3-4)7(14)8(10,11)12/h1-3H. The summed E-state index contributed by atoms with van der Waals surface area (Å²) in [4.78, 5) is 11.4. The van der Waals surface area contributed by atoms with E-state index in [1.54, 1.807) is 0 Å². The highest BCUT2D eigenvalue weighted by Crippen LogP contribution is 2.32. The molecular weight excluding hydrogens is 317 g/mol. The van der Waals surface area contributed by atoms with Crippen LogP contribution in [0.25, 0.3) is 0 Å². The topological polar surface area (TPSA) is 17.1 Å². The lowest BCUT2D eigenvalue weighted by Crippen LogP contribution is -2.20. The average Bonchev–Trinajstić information content (AvgIpc) is 2.06. The number of Topliss-reactive ketones (excluding diaryl/α,β-unsaturated/α-hetero) is 1. The molecule has 1 aromatic rings. The van der Waals surface area contributed by atoms with Gasteiger partial charge in [-0.1, -0.05) is 50.7 Å². The maximum atomic E-state index is 13.1. The van der Waals surface area contributed by atoms with Crippen LogP contribution in [0.3, 0.4) is 0 Å². The number of carbonyl (C=O) groups is 1. The van der Waals surface area contributed by atoms with Crippen LogP contribution in [0.5, 0.6) is 0 Å². The Morgan fingerprint density at radius 3 is 2.43 bits per heavy atom. The van der Waals surface area contributed by atoms with Crippen LogP contribution in [-0.2, 0) is 0 Å². The average molecular weight is 320 g/mol. The Morgan fingerprint density at radius 1 is 1.36 bits per heavy atom. The Labute approximate surface area is 103 Å². The van der Waals surface area contributed by atoms with Crippen molar-refractivity contribution in [3.63, 3.8) is 0 Å². The van der Waals surface area contributed by atoms with Gasteiger partial charge in [0.2, 0.25) is 5.78 Å². The van der Waals surface area contributed by atoms with Crippen LogP contribution in [0.1, 0.15) is 10.4 Å². The molecule has 0 aliphatic rings. The van der Waals surface area contributed by atoms with Gasteiger partial charge in [0.25, 0.3) is 3.79 Å². The van der Waals surface area contributed by atoms with Gasteiger partial charge in [-0.25, -0.2) is 4.39 Å². The van der Waals surface area contributed by atoms with Gasteiger partial charge in [-0.15, -0.1) is 0 Å². The van der Waals surface area contributed by atoms with Crippen molar-refractivity contribution in [1.29, 1.82) is 0 Å². The van der Waals surface area contributed by atoms with E-state index in [1.165, 1.54) is 12.1 Å². The molecular formula is C8H3BrCl3FO. The fourth-order valence-electron chi connectivity index (χ4n) is 0.824. The Bertz CT molecular complexity index is 375. The first kappa shape index (κ1) is 12.2. The highest BCUT2D eigenvalue weighted by molar-refractivity contribution is 9.10. The monoisotopic (exact) mass is 318 g/mol. The number of hydrogen-bond acceptors (Lipinski definition) is 1. The molecule has 6 heteroatoms. The Kier molecular flexibility index (Phi) is 3.81. The predicted molar refractivity (Wildman–Crippen MR) is 58.7 cm³/mol. The maximum Gasteiger partial charge on any atom is 0.253 e. The lowest BCUT2D eigenvalue weighted by atomic mass is 10.1. The molecule has 0 unspecified atom stereocenters. The summed E-state index contributed by atoms with van der Waals surface area (Å²) in [6, 6.07) is 3.83. The van der Waals surface area contributed by atoms with Crippen molar-refractivity contribution in [2.24, 2.45) is 0 Å². The molecule has 0 saturated heterocycles. The number of halogens is 5. The van der Waals surface area contributed by atoms with Gasteiger partial charge in [0.1, 0.15) is 5.82 Å². The highest BCUT2D eigenvalue weighted by Gasteiger charge is 2.33. The van der Waals surface area contributed by atoms with E-state index in [-0.39, 0.29) is 5.56 Å². The lowest BCUT2D eigenvalue weighted by molar-refractivity contribution is 0.0992. The minimum absolute atomic E-state index is 0.251. The zero-order valence-electron chi connectivity index (χ0n) is 6.53. The smallest absolute Gasteiger partial charge is 0.253 e. The molecule has 0 aliphatic carbocycles. The summed E-state index contributed by atoms with van der Waals surface area (Å²) >= 11 is 19.1. The first-order valence-electron chi connectivity index (χ1n) is 3.39. The molecule has 0 aliphatic heterocycles. The summed E-state index contributed by atoms with van der Waals surface area (Å²) < 4.78 is 11.5. The van der Waals surface area contributed by atoms with Gasteiger partial charge >= 0.3 is 0 Å². The summed E-state index contributed by atoms with van der Waals surface area (Å²) in [6.07, 6.45) is 0. The SMILES string of the molecule is O=C(c1cc(Br)ccc1F)C(Cl)(Cl)Cl. The first-order valence-corrected chi connectivity index (χ1v) is 5.31. The van der Waals surface area contributed by atoms with E-state index in [4.69, 9.17) is 34.8 Å². The minimum atomic E-state index is -2.14. The van der Waals surface area contributed by atoms with Crippen molar-refractivity contribution in [2.45, 2.75) is 3.79 Å². The van der Waals surface area contributed by atoms with Crippen LogP contribution in [0.2, 0.25) is 0 Å². The third-order valence-corrected chi connectivity index (χ3v) is 2.44. The molecule has 0 bridgehead atoms. The van der Waals surface area contributed by atoms with Gasteiger partial charge in [0, 0.05) is 4.47 Å². The fourth-order valence-corrected chi connectivity index (χ4v) is 1.49. The number of ketones is 1. The minimum Gasteiger partial charge on any atom is -0.289 e. The Hall–Kier alpha value is 0.170. The molecule has 0 N–H and O–H groups in total. The Balaban J connectivity index is 3.19. The summed E-state index contributed by atoms with van der Waals surface area (Å²) in [6.45, 7) is 0. The number of benzene rings is 1. The van der Waals surface area contributed by atoms with Gasteiger partial charge in [0.05, 0.1) is 5.56 Å². The second-order valence-corrected chi connectivity index (χ2v) is 5.65. The summed E-state index contributed by atoms with van der Waals surface area (Å²) in [5.41, 5.74) is -0.251. The molecule has 0 fully saturated rings. The second-order valence-electron chi connectivity index (χ2n) is 2.45. The van der Waals surface area contributed by atoms with Gasteiger partial charge in [0.15, 0.2) is 0 Å². The van der Waals surface area contributed by atoms with Crippen LogP contribution in [0.15, 0.2) is 22.7 Å². The highest BCUT2D eigenvalue weighted by atomic mass is 79.9. The normalized spacial score (nSPS) is 11.5. The van der Waals surface area contributed by atoms with Crippen LogP contribution in [-0.4, -0.2) is 9.58 Å². The van der Waals surface area contributed by atoms with Gasteiger partial charge in [-0.2, -0.15) is 0 Å². The van der Waals surface area contributed by atoms with E-state index in [1.807, 2.05) is 0 Å². The van der Waals surface area contributed by atoms with E-state index >= 15 is 0 Å². The third-order valence-electron chi connectivity index (χ3n) is 1.43. The molecule has 1 nitrogen and oxygen atoms in total. The molecule has 0 saturated carbocycles. The molecule has 1 rings (SSSR count). The molecule has 0 atom stereocenters. The van der Waals surface area contributed by atoms with Crippen molar-refractivity contribution < 1.29 is 9.18 Å². The lowest BCUT2D eigenvalue weighted by Gasteiger charge is -2.10. The van der Waals surface area contributed by atoms with Crippen LogP contribution >= 0.6 is 50.7 Å². The molecule has 0 spiro atoms. The van der Waals surface area contributed by atoms with Gasteiger partial charge in [-0.3, -0.25) is 4.79 Å². The second kappa shape index (κ2) is 4.35. The number of alkyl halides is 3. The zero-order chi connectivity index (χ0) is 10.9. The van der Waals surface area contributed by atoms with E-state index < -0.39 is 15.4 Å². The number of rotatable bonds is 1. The molecule has 0 radical (unpaired) electrons. The van der Waals surface area contributed by atoms with Crippen molar-refractivity contribution in [3.05, 3.63) is 34.1 Å². The molecule has 0 heterocycles. The van der Waals surface area contributed by atoms with E-state index in [2.05, 4.69) is 15.9 Å². The van der Waals surface area contributed by atoms with Crippen molar-refractivity contribution >= 4 is 56.5 Å². The first-order chi connectivity index (χ1) is 6.32. The van der Waals surface area contributed by atoms with Gasteiger partial charge < -0.3 is 0 Å². The number of hydrogen-bond donors (Lipinski definition) is 0. The van der Waals surface area contributed by atoms with Crippen LogP contribution in [0.4, 0.5) is 4.39 Å². The summed E-state index contributed by atoms with van der Waals surface area (Å²) in [7, 11) is 0.